The largest absolute Gasteiger partial charge is 0.497 e. The molecule has 132 valence electrons. The second kappa shape index (κ2) is 7.98. The van der Waals surface area contributed by atoms with Gasteiger partial charge >= 0.3 is 0 Å². The van der Waals surface area contributed by atoms with E-state index in [-0.39, 0.29) is 5.91 Å². The number of carbonyl (C=O) groups is 1. The predicted molar refractivity (Wildman–Crippen MR) is 98.6 cm³/mol. The maximum absolute atomic E-state index is 12.2. The number of H-pyrrole nitrogens is 1. The fourth-order valence-electron chi connectivity index (χ4n) is 2.34. The van der Waals surface area contributed by atoms with Crippen LogP contribution in [0.4, 0.5) is 0 Å². The lowest BCUT2D eigenvalue weighted by molar-refractivity contribution is 0.0950. The van der Waals surface area contributed by atoms with E-state index in [1.165, 1.54) is 6.21 Å². The lowest BCUT2D eigenvalue weighted by atomic mass is 10.1. The molecule has 7 nitrogen and oxygen atoms in total. The zero-order chi connectivity index (χ0) is 18.4. The van der Waals surface area contributed by atoms with Crippen LogP contribution in [0.15, 0.2) is 59.7 Å². The summed E-state index contributed by atoms with van der Waals surface area (Å²) in [6, 6.07) is 16.6. The summed E-state index contributed by atoms with van der Waals surface area (Å²) in [6.07, 6.45) is 1.50. The number of rotatable bonds is 6. The van der Waals surface area contributed by atoms with Crippen molar-refractivity contribution in [1.82, 2.24) is 15.6 Å². The molecule has 0 bridgehead atoms. The van der Waals surface area contributed by atoms with E-state index < -0.39 is 0 Å². The molecule has 26 heavy (non-hydrogen) atoms. The number of amides is 1. The quantitative estimate of drug-likeness (QED) is 0.528. The van der Waals surface area contributed by atoms with Gasteiger partial charge in [-0.05, 0) is 18.2 Å². The average molecular weight is 350 g/mol. The second-order valence-electron chi connectivity index (χ2n) is 5.34. The van der Waals surface area contributed by atoms with Crippen LogP contribution in [0.2, 0.25) is 0 Å². The lowest BCUT2D eigenvalue weighted by Crippen LogP contribution is -2.18. The summed E-state index contributed by atoms with van der Waals surface area (Å²) < 4.78 is 10.4. The molecule has 1 heterocycles. The van der Waals surface area contributed by atoms with Crippen molar-refractivity contribution in [3.05, 3.63) is 65.9 Å². The molecule has 0 atom stereocenters. The molecule has 3 rings (SSSR count). The second-order valence-corrected chi connectivity index (χ2v) is 5.34. The number of hydrazone groups is 1. The van der Waals surface area contributed by atoms with Crippen molar-refractivity contribution >= 4 is 12.1 Å². The van der Waals surface area contributed by atoms with Crippen molar-refractivity contribution in [1.29, 1.82) is 0 Å². The van der Waals surface area contributed by atoms with E-state index in [1.54, 1.807) is 38.5 Å². The Hall–Kier alpha value is -3.61. The summed E-state index contributed by atoms with van der Waals surface area (Å²) >= 11 is 0. The molecule has 1 amide bonds. The highest BCUT2D eigenvalue weighted by Crippen LogP contribution is 2.23. The fraction of sp³-hybridized carbons (Fsp3) is 0.105. The topological polar surface area (TPSA) is 88.6 Å². The summed E-state index contributed by atoms with van der Waals surface area (Å²) in [6.45, 7) is 0. The van der Waals surface area contributed by atoms with Gasteiger partial charge in [0, 0.05) is 17.2 Å². The van der Waals surface area contributed by atoms with Crippen LogP contribution in [-0.4, -0.2) is 36.5 Å². The zero-order valence-corrected chi connectivity index (χ0v) is 14.4. The number of aromatic amines is 1. The monoisotopic (exact) mass is 350 g/mol. The molecule has 0 fully saturated rings. The normalized spacial score (nSPS) is 10.7. The van der Waals surface area contributed by atoms with Gasteiger partial charge in [0.2, 0.25) is 0 Å². The van der Waals surface area contributed by atoms with E-state index in [0.717, 1.165) is 5.56 Å². The molecule has 2 aromatic carbocycles. The van der Waals surface area contributed by atoms with Gasteiger partial charge in [-0.1, -0.05) is 30.3 Å². The highest BCUT2D eigenvalue weighted by atomic mass is 16.5. The number of carbonyl (C=O) groups excluding carboxylic acids is 1. The Morgan fingerprint density at radius 1 is 1.12 bits per heavy atom. The van der Waals surface area contributed by atoms with Crippen LogP contribution in [0.25, 0.3) is 11.3 Å². The highest BCUT2D eigenvalue weighted by molar-refractivity contribution is 5.94. The Bertz CT molecular complexity index is 920. The first-order valence-electron chi connectivity index (χ1n) is 7.87. The van der Waals surface area contributed by atoms with Crippen molar-refractivity contribution in [2.24, 2.45) is 5.10 Å². The smallest absolute Gasteiger partial charge is 0.289 e. The van der Waals surface area contributed by atoms with E-state index in [1.807, 2.05) is 30.3 Å². The minimum Gasteiger partial charge on any atom is -0.497 e. The summed E-state index contributed by atoms with van der Waals surface area (Å²) in [4.78, 5) is 12.2. The van der Waals surface area contributed by atoms with Gasteiger partial charge in [-0.25, -0.2) is 5.43 Å². The van der Waals surface area contributed by atoms with Crippen LogP contribution in [0.5, 0.6) is 11.5 Å². The minimum absolute atomic E-state index is 0.322. The molecule has 0 spiro atoms. The van der Waals surface area contributed by atoms with Gasteiger partial charge in [-0.15, -0.1) is 0 Å². The molecular weight excluding hydrogens is 332 g/mol. The molecule has 0 radical (unpaired) electrons. The van der Waals surface area contributed by atoms with Gasteiger partial charge in [-0.3, -0.25) is 9.89 Å². The first kappa shape index (κ1) is 17.2. The molecule has 3 aromatic rings. The highest BCUT2D eigenvalue weighted by Gasteiger charge is 2.10. The summed E-state index contributed by atoms with van der Waals surface area (Å²) in [5.41, 5.74) is 5.11. The number of benzene rings is 2. The van der Waals surface area contributed by atoms with Gasteiger partial charge in [0.25, 0.3) is 5.91 Å². The molecule has 0 aliphatic carbocycles. The van der Waals surface area contributed by atoms with Crippen molar-refractivity contribution in [3.63, 3.8) is 0 Å². The van der Waals surface area contributed by atoms with Crippen molar-refractivity contribution in [2.45, 2.75) is 0 Å². The van der Waals surface area contributed by atoms with Gasteiger partial charge in [0.15, 0.2) is 0 Å². The predicted octanol–water partition coefficient (Wildman–Crippen LogP) is 2.86. The Kier molecular flexibility index (Phi) is 5.28. The lowest BCUT2D eigenvalue weighted by Gasteiger charge is -2.06. The van der Waals surface area contributed by atoms with Gasteiger partial charge in [0.05, 0.1) is 26.1 Å². The van der Waals surface area contributed by atoms with E-state index in [2.05, 4.69) is 20.7 Å². The van der Waals surface area contributed by atoms with E-state index in [9.17, 15) is 4.79 Å². The molecule has 0 saturated heterocycles. The summed E-state index contributed by atoms with van der Waals surface area (Å²) in [7, 11) is 3.14. The molecule has 7 heteroatoms. The van der Waals surface area contributed by atoms with Gasteiger partial charge in [-0.2, -0.15) is 10.2 Å². The van der Waals surface area contributed by atoms with Crippen LogP contribution >= 0.6 is 0 Å². The first-order chi connectivity index (χ1) is 12.7. The van der Waals surface area contributed by atoms with Crippen LogP contribution in [0.1, 0.15) is 16.1 Å². The number of nitrogens with one attached hydrogen (secondary N) is 2. The number of hydrogen-bond acceptors (Lipinski definition) is 5. The molecule has 0 aliphatic rings. The third-order valence-corrected chi connectivity index (χ3v) is 3.70. The Morgan fingerprint density at radius 2 is 1.92 bits per heavy atom. The Balaban J connectivity index is 1.68. The standard InChI is InChI=1S/C19H18N4O3/c1-25-15-9-8-14(18(10-15)26-2)12-20-23-19(24)17-11-16(21-22-17)13-6-4-3-5-7-13/h3-12H,1-2H3,(H,21,22)(H,23,24)/b20-12-. The number of nitrogens with zero attached hydrogens (tertiary/aromatic N) is 2. The fourth-order valence-corrected chi connectivity index (χ4v) is 2.34. The van der Waals surface area contributed by atoms with Crippen molar-refractivity contribution < 1.29 is 14.3 Å². The van der Waals surface area contributed by atoms with Crippen LogP contribution in [-0.2, 0) is 0 Å². The molecule has 1 aromatic heterocycles. The van der Waals surface area contributed by atoms with Crippen LogP contribution < -0.4 is 14.9 Å². The van der Waals surface area contributed by atoms with Crippen molar-refractivity contribution in [2.75, 3.05) is 14.2 Å². The molecule has 0 aliphatic heterocycles. The summed E-state index contributed by atoms with van der Waals surface area (Å²) in [5.74, 6) is 0.882. The van der Waals surface area contributed by atoms with Gasteiger partial charge in [0.1, 0.15) is 17.2 Å². The SMILES string of the molecule is COc1ccc(/C=N\NC(=O)c2cc(-c3ccccc3)n[nH]2)c(OC)c1. The minimum atomic E-state index is -0.386. The third kappa shape index (κ3) is 3.89. The zero-order valence-electron chi connectivity index (χ0n) is 14.4. The number of methoxy groups -OCH3 is 2. The molecular formula is C19H18N4O3. The number of ether oxygens (including phenoxy) is 2. The van der Waals surface area contributed by atoms with E-state index >= 15 is 0 Å². The van der Waals surface area contributed by atoms with E-state index in [4.69, 9.17) is 9.47 Å². The maximum Gasteiger partial charge on any atom is 0.289 e. The number of aromatic nitrogens is 2. The van der Waals surface area contributed by atoms with Gasteiger partial charge < -0.3 is 9.47 Å². The molecule has 0 saturated carbocycles. The maximum atomic E-state index is 12.2. The van der Waals surface area contributed by atoms with Crippen LogP contribution in [0, 0.1) is 0 Å². The Labute approximate surface area is 150 Å². The van der Waals surface area contributed by atoms with E-state index in [0.29, 0.717) is 28.5 Å². The number of hydrogen-bond donors (Lipinski definition) is 2. The Morgan fingerprint density at radius 3 is 2.65 bits per heavy atom. The average Bonchev–Trinajstić information content (AvgIpc) is 3.19. The van der Waals surface area contributed by atoms with Crippen LogP contribution in [0.3, 0.4) is 0 Å². The summed E-state index contributed by atoms with van der Waals surface area (Å²) in [5, 5.41) is 10.8. The molecule has 2 N–H and O–H groups in total. The van der Waals surface area contributed by atoms with Crippen molar-refractivity contribution in [3.8, 4) is 22.8 Å². The molecule has 0 unspecified atom stereocenters. The third-order valence-electron chi connectivity index (χ3n) is 3.70. The first-order valence-corrected chi connectivity index (χ1v) is 7.87.